The molecule has 2 rings (SSSR count). The van der Waals surface area contributed by atoms with Gasteiger partial charge in [0.1, 0.15) is 11.5 Å². The van der Waals surface area contributed by atoms with Crippen molar-refractivity contribution in [2.24, 2.45) is 5.73 Å². The van der Waals surface area contributed by atoms with E-state index in [-0.39, 0.29) is 12.6 Å². The number of alkyl halides is 3. The molecule has 24 heavy (non-hydrogen) atoms. The molecule has 130 valence electrons. The average Bonchev–Trinajstić information content (AvgIpc) is 2.56. The first-order valence-electron chi connectivity index (χ1n) is 7.69. The van der Waals surface area contributed by atoms with Gasteiger partial charge in [-0.05, 0) is 61.2 Å². The maximum Gasteiger partial charge on any atom is 0.416 e. The second kappa shape index (κ2) is 8.17. The number of aliphatic hydroxyl groups is 1. The lowest BCUT2D eigenvalue weighted by atomic mass is 10.1. The first-order chi connectivity index (χ1) is 11.4. The van der Waals surface area contributed by atoms with Crippen LogP contribution < -0.4 is 10.5 Å². The maximum absolute atomic E-state index is 12.5. The van der Waals surface area contributed by atoms with Gasteiger partial charge in [-0.25, -0.2) is 0 Å². The molecule has 3 nitrogen and oxygen atoms in total. The lowest BCUT2D eigenvalue weighted by molar-refractivity contribution is -0.137. The molecule has 0 heterocycles. The Bertz CT molecular complexity index is 624. The summed E-state index contributed by atoms with van der Waals surface area (Å²) in [6.45, 7) is -0.0140. The topological polar surface area (TPSA) is 55.5 Å². The molecular weight excluding hydrogens is 319 g/mol. The molecule has 0 aliphatic rings. The maximum atomic E-state index is 12.5. The number of hydrogen-bond donors (Lipinski definition) is 2. The Balaban J connectivity index is 1.89. The van der Waals surface area contributed by atoms with Gasteiger partial charge < -0.3 is 15.6 Å². The van der Waals surface area contributed by atoms with Crippen LogP contribution in [0.1, 0.15) is 24.0 Å². The summed E-state index contributed by atoms with van der Waals surface area (Å²) in [5, 5.41) is 8.87. The van der Waals surface area contributed by atoms with Crippen LogP contribution in [-0.4, -0.2) is 17.8 Å². The van der Waals surface area contributed by atoms with E-state index in [9.17, 15) is 13.2 Å². The quantitative estimate of drug-likeness (QED) is 0.797. The zero-order valence-electron chi connectivity index (χ0n) is 13.1. The van der Waals surface area contributed by atoms with Gasteiger partial charge in [-0.15, -0.1) is 0 Å². The van der Waals surface area contributed by atoms with Gasteiger partial charge in [-0.1, -0.05) is 12.1 Å². The van der Waals surface area contributed by atoms with Crippen LogP contribution in [0.5, 0.6) is 11.5 Å². The molecule has 1 atom stereocenters. The largest absolute Gasteiger partial charge is 0.457 e. The van der Waals surface area contributed by atoms with Gasteiger partial charge in [0.15, 0.2) is 0 Å². The van der Waals surface area contributed by atoms with Crippen molar-refractivity contribution >= 4 is 0 Å². The molecule has 6 heteroatoms. The highest BCUT2D eigenvalue weighted by Crippen LogP contribution is 2.31. The number of aryl methyl sites for hydroxylation is 1. The van der Waals surface area contributed by atoms with Gasteiger partial charge in [0.2, 0.25) is 0 Å². The number of benzene rings is 2. The van der Waals surface area contributed by atoms with Crippen LogP contribution in [0.4, 0.5) is 13.2 Å². The van der Waals surface area contributed by atoms with Crippen molar-refractivity contribution in [2.45, 2.75) is 31.5 Å². The summed E-state index contributed by atoms with van der Waals surface area (Å²) in [5.74, 6) is 0.912. The normalized spacial score (nSPS) is 12.9. The fourth-order valence-corrected chi connectivity index (χ4v) is 2.23. The minimum Gasteiger partial charge on any atom is -0.457 e. The standard InChI is InChI=1S/C18H20F3NO2/c19-18(20,21)14-6-10-17(11-7-14)24-16-8-4-13(5-9-16)2-1-3-15(22)12-23/h4-11,15,23H,1-3,12,22H2. The SMILES string of the molecule is NC(CO)CCCc1ccc(Oc2ccc(C(F)(F)F)cc2)cc1. The van der Waals surface area contributed by atoms with E-state index >= 15 is 0 Å². The number of ether oxygens (including phenoxy) is 1. The predicted octanol–water partition coefficient (Wildman–Crippen LogP) is 4.14. The van der Waals surface area contributed by atoms with Crippen LogP contribution in [0.2, 0.25) is 0 Å². The molecule has 2 aromatic carbocycles. The first-order valence-corrected chi connectivity index (χ1v) is 7.69. The molecule has 3 N–H and O–H groups in total. The van der Waals surface area contributed by atoms with Crippen LogP contribution >= 0.6 is 0 Å². The molecule has 0 aliphatic heterocycles. The molecule has 0 fully saturated rings. The Morgan fingerprint density at radius 3 is 2.00 bits per heavy atom. The highest BCUT2D eigenvalue weighted by Gasteiger charge is 2.30. The van der Waals surface area contributed by atoms with E-state index in [2.05, 4.69) is 0 Å². The van der Waals surface area contributed by atoms with Crippen LogP contribution in [0, 0.1) is 0 Å². The third-order valence-electron chi connectivity index (χ3n) is 3.62. The van der Waals surface area contributed by atoms with Crippen molar-refractivity contribution < 1.29 is 23.0 Å². The molecule has 0 bridgehead atoms. The molecule has 0 saturated carbocycles. The lowest BCUT2D eigenvalue weighted by Crippen LogP contribution is -2.24. The van der Waals surface area contributed by atoms with Crippen molar-refractivity contribution in [3.8, 4) is 11.5 Å². The molecule has 2 aromatic rings. The van der Waals surface area contributed by atoms with E-state index < -0.39 is 11.7 Å². The minimum absolute atomic E-state index is 0.0140. The third kappa shape index (κ3) is 5.54. The van der Waals surface area contributed by atoms with Gasteiger partial charge in [0.05, 0.1) is 12.2 Å². The zero-order chi connectivity index (χ0) is 17.6. The summed E-state index contributed by atoms with van der Waals surface area (Å²) in [6.07, 6.45) is -1.88. The van der Waals surface area contributed by atoms with Crippen LogP contribution in [-0.2, 0) is 12.6 Å². The molecule has 0 spiro atoms. The van der Waals surface area contributed by atoms with E-state index in [1.54, 1.807) is 12.1 Å². The second-order valence-electron chi connectivity index (χ2n) is 5.60. The molecule has 0 radical (unpaired) electrons. The fourth-order valence-electron chi connectivity index (χ4n) is 2.23. The summed E-state index contributed by atoms with van der Waals surface area (Å²) >= 11 is 0. The van der Waals surface area contributed by atoms with Gasteiger partial charge in [-0.2, -0.15) is 13.2 Å². The first kappa shape index (κ1) is 18.3. The smallest absolute Gasteiger partial charge is 0.416 e. The number of aliphatic hydroxyl groups excluding tert-OH is 1. The number of halogens is 3. The Hall–Kier alpha value is -2.05. The highest BCUT2D eigenvalue weighted by atomic mass is 19.4. The van der Waals surface area contributed by atoms with Crippen LogP contribution in [0.25, 0.3) is 0 Å². The summed E-state index contributed by atoms with van der Waals surface area (Å²) in [4.78, 5) is 0. The van der Waals surface area contributed by atoms with Crippen LogP contribution in [0.15, 0.2) is 48.5 Å². The monoisotopic (exact) mass is 339 g/mol. The van der Waals surface area contributed by atoms with Gasteiger partial charge >= 0.3 is 6.18 Å². The molecular formula is C18H20F3NO2. The van der Waals surface area contributed by atoms with Crippen molar-refractivity contribution in [1.82, 2.24) is 0 Å². The van der Waals surface area contributed by atoms with E-state index in [1.807, 2.05) is 12.1 Å². The molecule has 0 amide bonds. The third-order valence-corrected chi connectivity index (χ3v) is 3.62. The highest BCUT2D eigenvalue weighted by molar-refractivity contribution is 5.35. The molecule has 1 unspecified atom stereocenters. The average molecular weight is 339 g/mol. The van der Waals surface area contributed by atoms with Crippen molar-refractivity contribution in [2.75, 3.05) is 6.61 Å². The zero-order valence-corrected chi connectivity index (χ0v) is 13.1. The summed E-state index contributed by atoms with van der Waals surface area (Å²) in [7, 11) is 0. The van der Waals surface area contributed by atoms with Crippen molar-refractivity contribution in [3.63, 3.8) is 0 Å². The number of rotatable bonds is 7. The van der Waals surface area contributed by atoms with E-state index in [0.717, 1.165) is 37.0 Å². The summed E-state index contributed by atoms with van der Waals surface area (Å²) in [5.41, 5.74) is 6.05. The van der Waals surface area contributed by atoms with Crippen molar-refractivity contribution in [3.05, 3.63) is 59.7 Å². The predicted molar refractivity (Wildman–Crippen MR) is 86.0 cm³/mol. The molecule has 0 aromatic heterocycles. The Morgan fingerprint density at radius 2 is 1.50 bits per heavy atom. The minimum atomic E-state index is -4.35. The number of nitrogens with two attached hydrogens (primary N) is 1. The van der Waals surface area contributed by atoms with Gasteiger partial charge in [0, 0.05) is 6.04 Å². The Kier molecular flexibility index (Phi) is 6.23. The van der Waals surface area contributed by atoms with Gasteiger partial charge in [-0.3, -0.25) is 0 Å². The van der Waals surface area contributed by atoms with E-state index in [4.69, 9.17) is 15.6 Å². The summed E-state index contributed by atoms with van der Waals surface area (Å²) in [6, 6.07) is 11.8. The lowest BCUT2D eigenvalue weighted by Gasteiger charge is -2.10. The Morgan fingerprint density at radius 1 is 0.958 bits per heavy atom. The van der Waals surface area contributed by atoms with Crippen LogP contribution in [0.3, 0.4) is 0 Å². The second-order valence-corrected chi connectivity index (χ2v) is 5.60. The van der Waals surface area contributed by atoms with Crippen molar-refractivity contribution in [1.29, 1.82) is 0 Å². The summed E-state index contributed by atoms with van der Waals surface area (Å²) < 4.78 is 43.0. The fraction of sp³-hybridized carbons (Fsp3) is 0.333. The van der Waals surface area contributed by atoms with Gasteiger partial charge in [0.25, 0.3) is 0 Å². The number of hydrogen-bond acceptors (Lipinski definition) is 3. The molecule has 0 saturated heterocycles. The Labute approximate surface area is 138 Å². The van der Waals surface area contributed by atoms with E-state index in [0.29, 0.717) is 11.5 Å². The molecule has 0 aliphatic carbocycles. The van der Waals surface area contributed by atoms with E-state index in [1.165, 1.54) is 12.1 Å².